The molecule has 12 heteroatoms. The number of Topliss-reactive ketones (excluding diaryl/α,β-unsaturated/α-hetero) is 1. The lowest BCUT2D eigenvalue weighted by Gasteiger charge is -2.09. The molecule has 1 N–H and O–H groups in total. The number of halogens is 3. The van der Waals surface area contributed by atoms with E-state index in [9.17, 15) is 27.6 Å². The number of amides is 1. The van der Waals surface area contributed by atoms with Gasteiger partial charge in [0.05, 0.1) is 22.8 Å². The van der Waals surface area contributed by atoms with Crippen LogP contribution in [-0.4, -0.2) is 40.0 Å². The standard InChI is InChI=1S/C18H18F3N3O4S2/c1-5-28-16(27)13-9(3)14(10(4)25)30-15(13)24-12(26)7-29-17-22-8(2)6-11(23-17)18(19,20)21/h6H,5,7H2,1-4H3,(H,24,26). The predicted octanol–water partition coefficient (Wildman–Crippen LogP) is 4.28. The Balaban J connectivity index is 2.19. The molecule has 1 amide bonds. The van der Waals surface area contributed by atoms with Crippen LogP contribution in [0.3, 0.4) is 0 Å². The average Bonchev–Trinajstić information content (AvgIpc) is 2.95. The minimum absolute atomic E-state index is 0.0802. The monoisotopic (exact) mass is 461 g/mol. The second-order valence-corrected chi connectivity index (χ2v) is 8.01. The fourth-order valence-electron chi connectivity index (χ4n) is 2.43. The Labute approximate surface area is 178 Å². The Hall–Kier alpha value is -2.47. The largest absolute Gasteiger partial charge is 0.462 e. The van der Waals surface area contributed by atoms with Crippen molar-refractivity contribution < 1.29 is 32.3 Å². The number of carbonyl (C=O) groups is 3. The molecule has 2 heterocycles. The number of thiophene rings is 1. The number of aryl methyl sites for hydroxylation is 1. The molecule has 0 aliphatic rings. The van der Waals surface area contributed by atoms with Gasteiger partial charge in [0.25, 0.3) is 0 Å². The summed E-state index contributed by atoms with van der Waals surface area (Å²) in [6.07, 6.45) is -4.63. The van der Waals surface area contributed by atoms with Gasteiger partial charge < -0.3 is 10.1 Å². The van der Waals surface area contributed by atoms with Gasteiger partial charge in [0, 0.05) is 5.69 Å². The summed E-state index contributed by atoms with van der Waals surface area (Å²) in [6, 6.07) is 0.813. The zero-order chi connectivity index (χ0) is 22.6. The van der Waals surface area contributed by atoms with Gasteiger partial charge in [-0.15, -0.1) is 11.3 Å². The van der Waals surface area contributed by atoms with E-state index in [0.717, 1.165) is 29.2 Å². The Morgan fingerprint density at radius 3 is 2.47 bits per heavy atom. The molecule has 0 radical (unpaired) electrons. The van der Waals surface area contributed by atoms with Crippen molar-refractivity contribution in [3.05, 3.63) is 33.5 Å². The fraction of sp³-hybridized carbons (Fsp3) is 0.389. The molecule has 30 heavy (non-hydrogen) atoms. The first-order valence-corrected chi connectivity index (χ1v) is 10.4. The second kappa shape index (κ2) is 9.56. The maximum atomic E-state index is 12.9. The molecular weight excluding hydrogens is 443 g/mol. The van der Waals surface area contributed by atoms with Gasteiger partial charge in [0.15, 0.2) is 10.9 Å². The minimum Gasteiger partial charge on any atom is -0.462 e. The summed E-state index contributed by atoms with van der Waals surface area (Å²) in [5.41, 5.74) is -0.505. The van der Waals surface area contributed by atoms with Crippen LogP contribution >= 0.6 is 23.1 Å². The molecule has 0 fully saturated rings. The van der Waals surface area contributed by atoms with Gasteiger partial charge in [-0.3, -0.25) is 9.59 Å². The summed E-state index contributed by atoms with van der Waals surface area (Å²) in [5.74, 6) is -1.85. The number of carbonyl (C=O) groups excluding carboxylic acids is 3. The predicted molar refractivity (Wildman–Crippen MR) is 106 cm³/mol. The average molecular weight is 461 g/mol. The Kier molecular flexibility index (Phi) is 7.59. The number of alkyl halides is 3. The number of hydrogen-bond acceptors (Lipinski definition) is 8. The molecule has 0 unspecified atom stereocenters. The topological polar surface area (TPSA) is 98.2 Å². The van der Waals surface area contributed by atoms with Crippen LogP contribution in [0.1, 0.15) is 50.8 Å². The van der Waals surface area contributed by atoms with Crippen molar-refractivity contribution in [1.82, 2.24) is 9.97 Å². The molecule has 0 saturated heterocycles. The van der Waals surface area contributed by atoms with E-state index in [4.69, 9.17) is 4.74 Å². The highest BCUT2D eigenvalue weighted by atomic mass is 32.2. The summed E-state index contributed by atoms with van der Waals surface area (Å²) in [4.78, 5) is 44.0. The van der Waals surface area contributed by atoms with E-state index in [1.54, 1.807) is 13.8 Å². The van der Waals surface area contributed by atoms with Crippen molar-refractivity contribution in [1.29, 1.82) is 0 Å². The minimum atomic E-state index is -4.63. The van der Waals surface area contributed by atoms with Gasteiger partial charge in [-0.25, -0.2) is 14.8 Å². The number of esters is 1. The van der Waals surface area contributed by atoms with Gasteiger partial charge in [0.2, 0.25) is 5.91 Å². The van der Waals surface area contributed by atoms with Crippen LogP contribution in [0.4, 0.5) is 18.2 Å². The molecule has 0 saturated carbocycles. The number of nitrogens with one attached hydrogen (secondary N) is 1. The molecule has 7 nitrogen and oxygen atoms in total. The lowest BCUT2D eigenvalue weighted by Crippen LogP contribution is -2.17. The Morgan fingerprint density at radius 2 is 1.90 bits per heavy atom. The Bertz CT molecular complexity index is 990. The van der Waals surface area contributed by atoms with Crippen molar-refractivity contribution >= 4 is 45.8 Å². The fourth-order valence-corrected chi connectivity index (χ4v) is 4.24. The van der Waals surface area contributed by atoms with Crippen LogP contribution in [0, 0.1) is 13.8 Å². The SMILES string of the molecule is CCOC(=O)c1c(NC(=O)CSc2nc(C)cc(C(F)(F)F)n2)sc(C(C)=O)c1C. The van der Waals surface area contributed by atoms with Crippen LogP contribution in [0.25, 0.3) is 0 Å². The maximum Gasteiger partial charge on any atom is 0.433 e. The number of ketones is 1. The van der Waals surface area contributed by atoms with Gasteiger partial charge in [-0.05, 0) is 39.3 Å². The normalized spacial score (nSPS) is 11.3. The lowest BCUT2D eigenvalue weighted by atomic mass is 10.1. The van der Waals surface area contributed by atoms with Crippen molar-refractivity contribution in [2.24, 2.45) is 0 Å². The highest BCUT2D eigenvalue weighted by Gasteiger charge is 2.33. The molecule has 0 bridgehead atoms. The van der Waals surface area contributed by atoms with Crippen LogP contribution < -0.4 is 5.32 Å². The van der Waals surface area contributed by atoms with Crippen LogP contribution in [0.5, 0.6) is 0 Å². The molecule has 0 atom stereocenters. The second-order valence-electron chi connectivity index (χ2n) is 6.05. The summed E-state index contributed by atoms with van der Waals surface area (Å²) < 4.78 is 43.6. The van der Waals surface area contributed by atoms with Crippen molar-refractivity contribution in [3.8, 4) is 0 Å². The third kappa shape index (κ3) is 5.79. The van der Waals surface area contributed by atoms with Gasteiger partial charge in [-0.2, -0.15) is 13.2 Å². The van der Waals surface area contributed by atoms with E-state index >= 15 is 0 Å². The first kappa shape index (κ1) is 23.8. The molecule has 0 spiro atoms. The zero-order valence-electron chi connectivity index (χ0n) is 16.5. The maximum absolute atomic E-state index is 12.9. The van der Waals surface area contributed by atoms with Crippen molar-refractivity contribution in [3.63, 3.8) is 0 Å². The third-order valence-electron chi connectivity index (χ3n) is 3.66. The van der Waals surface area contributed by atoms with Crippen LogP contribution in [-0.2, 0) is 15.7 Å². The number of aromatic nitrogens is 2. The number of ether oxygens (including phenoxy) is 1. The summed E-state index contributed by atoms with van der Waals surface area (Å²) in [6.45, 7) is 6.03. The van der Waals surface area contributed by atoms with E-state index < -0.39 is 23.7 Å². The summed E-state index contributed by atoms with van der Waals surface area (Å²) >= 11 is 1.66. The van der Waals surface area contributed by atoms with E-state index in [0.29, 0.717) is 10.4 Å². The highest BCUT2D eigenvalue weighted by molar-refractivity contribution is 7.99. The van der Waals surface area contributed by atoms with Gasteiger partial charge in [0.1, 0.15) is 10.7 Å². The molecule has 2 aromatic rings. The quantitative estimate of drug-likeness (QED) is 0.284. The lowest BCUT2D eigenvalue weighted by molar-refractivity contribution is -0.141. The molecule has 0 aliphatic heterocycles. The molecule has 2 rings (SSSR count). The molecule has 0 aromatic carbocycles. The Morgan fingerprint density at radius 1 is 1.23 bits per heavy atom. The first-order chi connectivity index (χ1) is 13.9. The summed E-state index contributed by atoms with van der Waals surface area (Å²) in [7, 11) is 0. The molecule has 0 aliphatic carbocycles. The van der Waals surface area contributed by atoms with Crippen LogP contribution in [0.2, 0.25) is 0 Å². The van der Waals surface area contributed by atoms with E-state index in [-0.39, 0.29) is 39.6 Å². The van der Waals surface area contributed by atoms with Gasteiger partial charge >= 0.3 is 12.1 Å². The number of rotatable bonds is 7. The van der Waals surface area contributed by atoms with Crippen molar-refractivity contribution in [2.45, 2.75) is 39.0 Å². The highest BCUT2D eigenvalue weighted by Crippen LogP contribution is 2.34. The van der Waals surface area contributed by atoms with E-state index in [2.05, 4.69) is 15.3 Å². The number of anilines is 1. The van der Waals surface area contributed by atoms with Crippen molar-refractivity contribution in [2.75, 3.05) is 17.7 Å². The van der Waals surface area contributed by atoms with E-state index in [1.807, 2.05) is 0 Å². The molecule has 2 aromatic heterocycles. The smallest absolute Gasteiger partial charge is 0.433 e. The summed E-state index contributed by atoms with van der Waals surface area (Å²) in [5, 5.41) is 2.47. The number of nitrogens with zero attached hydrogens (tertiary/aromatic N) is 2. The zero-order valence-corrected chi connectivity index (χ0v) is 18.1. The van der Waals surface area contributed by atoms with E-state index in [1.165, 1.54) is 13.8 Å². The van der Waals surface area contributed by atoms with Gasteiger partial charge in [-0.1, -0.05) is 11.8 Å². The molecule has 162 valence electrons. The molecular formula is C18H18F3N3O4S2. The number of thioether (sulfide) groups is 1. The van der Waals surface area contributed by atoms with Crippen LogP contribution in [0.15, 0.2) is 11.2 Å². The third-order valence-corrected chi connectivity index (χ3v) is 5.81. The number of hydrogen-bond donors (Lipinski definition) is 1. The first-order valence-electron chi connectivity index (χ1n) is 8.61.